The van der Waals surface area contributed by atoms with E-state index in [0.29, 0.717) is 19.6 Å². The molecule has 1 aliphatic rings. The van der Waals surface area contributed by atoms with Crippen molar-refractivity contribution < 1.29 is 9.53 Å². The molecule has 0 saturated heterocycles. The summed E-state index contributed by atoms with van der Waals surface area (Å²) in [6.45, 7) is 7.51. The fraction of sp³-hybridized carbons (Fsp3) is 0.533. The first-order valence-corrected chi connectivity index (χ1v) is 6.68. The van der Waals surface area contributed by atoms with Crippen LogP contribution >= 0.6 is 0 Å². The van der Waals surface area contributed by atoms with Crippen molar-refractivity contribution in [1.29, 1.82) is 0 Å². The third-order valence-electron chi connectivity index (χ3n) is 3.23. The second kappa shape index (κ2) is 5.21. The number of ether oxygens (including phenoxy) is 1. The van der Waals surface area contributed by atoms with E-state index in [-0.39, 0.29) is 6.09 Å². The number of carbonyl (C=O) groups excluding carboxylic acids is 1. The van der Waals surface area contributed by atoms with Crippen molar-refractivity contribution in [3.63, 3.8) is 0 Å². The van der Waals surface area contributed by atoms with Gasteiger partial charge in [-0.15, -0.1) is 0 Å². The molecule has 2 N–H and O–H groups in total. The van der Waals surface area contributed by atoms with Crippen LogP contribution in [0.1, 0.15) is 37.5 Å². The zero-order chi connectivity index (χ0) is 14.0. The average Bonchev–Trinajstić information content (AvgIpc) is 2.35. The lowest BCUT2D eigenvalue weighted by Gasteiger charge is -2.32. The topological polar surface area (TPSA) is 55.6 Å². The van der Waals surface area contributed by atoms with E-state index in [4.69, 9.17) is 10.5 Å². The molecule has 1 heterocycles. The van der Waals surface area contributed by atoms with Gasteiger partial charge in [0.1, 0.15) is 5.60 Å². The summed E-state index contributed by atoms with van der Waals surface area (Å²) in [5.74, 6) is 0. The van der Waals surface area contributed by atoms with Gasteiger partial charge in [-0.25, -0.2) is 4.79 Å². The maximum Gasteiger partial charge on any atom is 0.410 e. The highest BCUT2D eigenvalue weighted by Gasteiger charge is 2.26. The van der Waals surface area contributed by atoms with E-state index in [1.165, 1.54) is 16.7 Å². The summed E-state index contributed by atoms with van der Waals surface area (Å²) in [6.07, 6.45) is 0.610. The molecular formula is C15H22N2O2. The van der Waals surface area contributed by atoms with Crippen LogP contribution in [0.3, 0.4) is 0 Å². The van der Waals surface area contributed by atoms with E-state index in [0.717, 1.165) is 6.42 Å². The Kier molecular flexibility index (Phi) is 3.80. The molecule has 0 bridgehead atoms. The van der Waals surface area contributed by atoms with Gasteiger partial charge in [0.05, 0.1) is 0 Å². The number of nitrogens with two attached hydrogens (primary N) is 1. The van der Waals surface area contributed by atoms with Crippen LogP contribution in [0.15, 0.2) is 18.2 Å². The third-order valence-corrected chi connectivity index (χ3v) is 3.23. The van der Waals surface area contributed by atoms with E-state index >= 15 is 0 Å². The summed E-state index contributed by atoms with van der Waals surface area (Å²) in [5.41, 5.74) is 8.96. The Morgan fingerprint density at radius 2 is 2.16 bits per heavy atom. The van der Waals surface area contributed by atoms with E-state index in [9.17, 15) is 4.79 Å². The van der Waals surface area contributed by atoms with E-state index < -0.39 is 5.60 Å². The minimum atomic E-state index is -0.448. The highest BCUT2D eigenvalue weighted by Crippen LogP contribution is 2.23. The Morgan fingerprint density at radius 3 is 2.79 bits per heavy atom. The average molecular weight is 262 g/mol. The standard InChI is InChI=1S/C15H22N2O2/c1-15(2,3)19-14(18)17-8-7-13-11(9-16)5-4-6-12(13)10-17/h4-6H,7-10,16H2,1-3H3. The molecule has 104 valence electrons. The second-order valence-corrected chi connectivity index (χ2v) is 5.91. The maximum atomic E-state index is 12.1. The molecule has 0 aliphatic carbocycles. The number of rotatable bonds is 1. The fourth-order valence-corrected chi connectivity index (χ4v) is 2.36. The van der Waals surface area contributed by atoms with E-state index in [2.05, 4.69) is 12.1 Å². The summed E-state index contributed by atoms with van der Waals surface area (Å²) in [4.78, 5) is 13.8. The van der Waals surface area contributed by atoms with Crippen LogP contribution in [0, 0.1) is 0 Å². The first kappa shape index (κ1) is 13.9. The molecule has 4 heteroatoms. The Morgan fingerprint density at radius 1 is 1.42 bits per heavy atom. The first-order chi connectivity index (χ1) is 8.90. The van der Waals surface area contributed by atoms with Gasteiger partial charge in [-0.1, -0.05) is 18.2 Å². The van der Waals surface area contributed by atoms with Crippen molar-refractivity contribution in [3.05, 3.63) is 34.9 Å². The number of carbonyl (C=O) groups is 1. The number of hydrogen-bond acceptors (Lipinski definition) is 3. The highest BCUT2D eigenvalue weighted by molar-refractivity contribution is 5.68. The van der Waals surface area contributed by atoms with Gasteiger partial charge < -0.3 is 15.4 Å². The molecule has 1 aliphatic heterocycles. The molecule has 1 amide bonds. The van der Waals surface area contributed by atoms with Gasteiger partial charge in [0.15, 0.2) is 0 Å². The van der Waals surface area contributed by atoms with Crippen molar-refractivity contribution in [2.24, 2.45) is 5.73 Å². The van der Waals surface area contributed by atoms with Gasteiger partial charge in [0.2, 0.25) is 0 Å². The Labute approximate surface area is 114 Å². The van der Waals surface area contributed by atoms with Crippen LogP contribution in [0.5, 0.6) is 0 Å². The highest BCUT2D eigenvalue weighted by atomic mass is 16.6. The molecule has 0 atom stereocenters. The predicted octanol–water partition coefficient (Wildman–Crippen LogP) is 2.44. The molecular weight excluding hydrogens is 240 g/mol. The SMILES string of the molecule is CC(C)(C)OC(=O)N1CCc2c(CN)cccc2C1. The third kappa shape index (κ3) is 3.26. The van der Waals surface area contributed by atoms with Gasteiger partial charge >= 0.3 is 6.09 Å². The monoisotopic (exact) mass is 262 g/mol. The van der Waals surface area contributed by atoms with Crippen molar-refractivity contribution in [3.8, 4) is 0 Å². The van der Waals surface area contributed by atoms with Gasteiger partial charge in [-0.2, -0.15) is 0 Å². The number of nitrogens with zero attached hydrogens (tertiary/aromatic N) is 1. The van der Waals surface area contributed by atoms with Gasteiger partial charge in [0, 0.05) is 19.6 Å². The van der Waals surface area contributed by atoms with Crippen LogP contribution in [-0.2, 0) is 24.2 Å². The first-order valence-electron chi connectivity index (χ1n) is 6.68. The molecule has 0 fully saturated rings. The zero-order valence-corrected chi connectivity index (χ0v) is 11.9. The zero-order valence-electron chi connectivity index (χ0n) is 11.9. The summed E-state index contributed by atoms with van der Waals surface area (Å²) in [6, 6.07) is 6.12. The molecule has 2 rings (SSSR count). The summed E-state index contributed by atoms with van der Waals surface area (Å²) in [5, 5.41) is 0. The molecule has 0 spiro atoms. The number of fused-ring (bicyclic) bond motifs is 1. The maximum absolute atomic E-state index is 12.1. The molecule has 4 nitrogen and oxygen atoms in total. The van der Waals surface area contributed by atoms with Gasteiger partial charge in [-0.3, -0.25) is 0 Å². The smallest absolute Gasteiger partial charge is 0.410 e. The van der Waals surface area contributed by atoms with Crippen LogP contribution in [-0.4, -0.2) is 23.1 Å². The van der Waals surface area contributed by atoms with Crippen LogP contribution in [0.4, 0.5) is 4.79 Å². The Hall–Kier alpha value is -1.55. The van der Waals surface area contributed by atoms with Crippen LogP contribution < -0.4 is 5.73 Å². The summed E-state index contributed by atoms with van der Waals surface area (Å²) >= 11 is 0. The summed E-state index contributed by atoms with van der Waals surface area (Å²) in [7, 11) is 0. The predicted molar refractivity (Wildman–Crippen MR) is 74.7 cm³/mol. The van der Waals surface area contributed by atoms with Crippen molar-refractivity contribution in [2.45, 2.75) is 45.9 Å². The Balaban J connectivity index is 2.12. The normalized spacial score (nSPS) is 15.1. The Bertz CT molecular complexity index is 478. The van der Waals surface area contributed by atoms with Crippen molar-refractivity contribution in [1.82, 2.24) is 4.90 Å². The molecule has 0 saturated carbocycles. The quantitative estimate of drug-likeness (QED) is 0.845. The number of benzene rings is 1. The molecule has 1 aromatic carbocycles. The van der Waals surface area contributed by atoms with Crippen LogP contribution in [0.2, 0.25) is 0 Å². The molecule has 0 radical (unpaired) electrons. The second-order valence-electron chi connectivity index (χ2n) is 5.91. The number of hydrogen-bond donors (Lipinski definition) is 1. The lowest BCUT2D eigenvalue weighted by Crippen LogP contribution is -2.40. The van der Waals surface area contributed by atoms with Crippen molar-refractivity contribution in [2.75, 3.05) is 6.54 Å². The molecule has 19 heavy (non-hydrogen) atoms. The molecule has 0 unspecified atom stereocenters. The lowest BCUT2D eigenvalue weighted by molar-refractivity contribution is 0.0223. The summed E-state index contributed by atoms with van der Waals surface area (Å²) < 4.78 is 5.41. The number of amides is 1. The molecule has 0 aromatic heterocycles. The van der Waals surface area contributed by atoms with Crippen molar-refractivity contribution >= 4 is 6.09 Å². The van der Waals surface area contributed by atoms with Crippen LogP contribution in [0.25, 0.3) is 0 Å². The minimum absolute atomic E-state index is 0.240. The fourth-order valence-electron chi connectivity index (χ4n) is 2.36. The van der Waals surface area contributed by atoms with Gasteiger partial charge in [0.25, 0.3) is 0 Å². The molecule has 1 aromatic rings. The van der Waals surface area contributed by atoms with E-state index in [1.54, 1.807) is 4.90 Å². The largest absolute Gasteiger partial charge is 0.444 e. The van der Waals surface area contributed by atoms with Gasteiger partial charge in [-0.05, 0) is 43.9 Å². The van der Waals surface area contributed by atoms with E-state index in [1.807, 2.05) is 26.8 Å². The minimum Gasteiger partial charge on any atom is -0.444 e. The lowest BCUT2D eigenvalue weighted by atomic mass is 9.95.